The van der Waals surface area contributed by atoms with Gasteiger partial charge in [0, 0.05) is 0 Å². The summed E-state index contributed by atoms with van der Waals surface area (Å²) >= 11 is 0. The predicted molar refractivity (Wildman–Crippen MR) is 111 cm³/mol. The highest BCUT2D eigenvalue weighted by Crippen LogP contribution is 2.11. The molecule has 0 saturated heterocycles. The molecule has 0 fully saturated rings. The first-order valence-corrected chi connectivity index (χ1v) is 9.00. The molecule has 0 saturated carbocycles. The van der Waals surface area contributed by atoms with E-state index in [9.17, 15) is 14.4 Å². The Morgan fingerprint density at radius 3 is 1.39 bits per heavy atom. The Morgan fingerprint density at radius 2 is 1.14 bits per heavy atom. The number of hydrogen-bond acceptors (Lipinski definition) is 7. The Labute approximate surface area is 175 Å². The number of esters is 2. The van der Waals surface area contributed by atoms with Crippen LogP contribution in [0, 0.1) is 0 Å². The third-order valence-corrected chi connectivity index (χ3v) is 2.54. The van der Waals surface area contributed by atoms with E-state index < -0.39 is 28.7 Å². The summed E-state index contributed by atoms with van der Waals surface area (Å²) in [5, 5.41) is 2.48. The van der Waals surface area contributed by atoms with Crippen LogP contribution in [0.4, 0.5) is 4.79 Å². The molecule has 0 atom stereocenters. The standard InChI is InChI=1S/C12H23NO4.C7H15NO2.ClH/c1-8(2)16-9(14)12(6,7)13-10(15)17-11(3,4)5;1-5(2)10-6(9)7(3,4)8;/h8H,1-7H3,(H,13,15);5H,8H2,1-4H3;1H. The lowest BCUT2D eigenvalue weighted by Gasteiger charge is -2.27. The maximum Gasteiger partial charge on any atom is 0.408 e. The van der Waals surface area contributed by atoms with Crippen molar-refractivity contribution in [2.24, 2.45) is 5.73 Å². The molecule has 3 N–H and O–H groups in total. The maximum absolute atomic E-state index is 11.7. The highest BCUT2D eigenvalue weighted by Gasteiger charge is 2.33. The van der Waals surface area contributed by atoms with Gasteiger partial charge in [-0.15, -0.1) is 12.4 Å². The molecule has 0 heterocycles. The van der Waals surface area contributed by atoms with Crippen LogP contribution in [0.25, 0.3) is 0 Å². The first-order chi connectivity index (χ1) is 11.8. The van der Waals surface area contributed by atoms with Crippen molar-refractivity contribution >= 4 is 30.4 Å². The van der Waals surface area contributed by atoms with E-state index in [2.05, 4.69) is 5.32 Å². The number of amides is 1. The SMILES string of the molecule is CC(C)OC(=O)C(C)(C)N.CC(C)OC(=O)C(C)(C)NC(=O)OC(C)(C)C.Cl. The van der Waals surface area contributed by atoms with Gasteiger partial charge in [-0.3, -0.25) is 4.79 Å². The van der Waals surface area contributed by atoms with Gasteiger partial charge in [0.1, 0.15) is 16.7 Å². The summed E-state index contributed by atoms with van der Waals surface area (Å²) in [6.45, 7) is 18.7. The lowest BCUT2D eigenvalue weighted by molar-refractivity contribution is -0.154. The van der Waals surface area contributed by atoms with Crippen molar-refractivity contribution in [2.45, 2.75) is 105 Å². The number of nitrogens with two attached hydrogens (primary N) is 1. The Bertz CT molecular complexity index is 506. The molecule has 0 aromatic rings. The summed E-state index contributed by atoms with van der Waals surface area (Å²) < 4.78 is 15.0. The molecule has 28 heavy (non-hydrogen) atoms. The van der Waals surface area contributed by atoms with E-state index in [1.54, 1.807) is 76.2 Å². The molecule has 0 unspecified atom stereocenters. The summed E-state index contributed by atoms with van der Waals surface area (Å²) in [4.78, 5) is 34.1. The molecule has 0 aliphatic heterocycles. The summed E-state index contributed by atoms with van der Waals surface area (Å²) in [7, 11) is 0. The summed E-state index contributed by atoms with van der Waals surface area (Å²) in [6, 6.07) is 0. The van der Waals surface area contributed by atoms with Crippen molar-refractivity contribution in [1.82, 2.24) is 5.32 Å². The van der Waals surface area contributed by atoms with E-state index >= 15 is 0 Å². The molecule has 0 bridgehead atoms. The van der Waals surface area contributed by atoms with E-state index in [1.165, 1.54) is 0 Å². The molecule has 9 heteroatoms. The lowest BCUT2D eigenvalue weighted by atomic mass is 10.1. The number of ether oxygens (including phenoxy) is 3. The molecule has 8 nitrogen and oxygen atoms in total. The van der Waals surface area contributed by atoms with Gasteiger partial charge in [0.15, 0.2) is 0 Å². The molecule has 0 rings (SSSR count). The van der Waals surface area contributed by atoms with Crippen LogP contribution in [0.2, 0.25) is 0 Å². The fourth-order valence-electron chi connectivity index (χ4n) is 1.34. The van der Waals surface area contributed by atoms with Gasteiger partial charge in [-0.2, -0.15) is 0 Å². The van der Waals surface area contributed by atoms with Crippen molar-refractivity contribution in [2.75, 3.05) is 0 Å². The van der Waals surface area contributed by atoms with Crippen molar-refractivity contribution < 1.29 is 28.6 Å². The molecular formula is C19H39ClN2O6. The largest absolute Gasteiger partial charge is 0.462 e. The molecule has 0 aliphatic carbocycles. The monoisotopic (exact) mass is 426 g/mol. The topological polar surface area (TPSA) is 117 Å². The molecule has 0 aromatic heterocycles. The van der Waals surface area contributed by atoms with Crippen LogP contribution < -0.4 is 11.1 Å². The average molecular weight is 427 g/mol. The zero-order chi connectivity index (χ0) is 22.2. The minimum absolute atomic E-state index is 0. The highest BCUT2D eigenvalue weighted by atomic mass is 35.5. The minimum atomic E-state index is -1.10. The molecule has 168 valence electrons. The number of alkyl carbamates (subject to hydrolysis) is 1. The van der Waals surface area contributed by atoms with Crippen molar-refractivity contribution in [3.63, 3.8) is 0 Å². The summed E-state index contributed by atoms with van der Waals surface area (Å²) in [5.41, 5.74) is 2.88. The molecule has 0 radical (unpaired) electrons. The third kappa shape index (κ3) is 16.6. The zero-order valence-electron chi connectivity index (χ0n) is 19.1. The van der Waals surface area contributed by atoms with Gasteiger partial charge in [-0.1, -0.05) is 0 Å². The Hall–Kier alpha value is -1.54. The van der Waals surface area contributed by atoms with Gasteiger partial charge in [-0.05, 0) is 76.2 Å². The first kappa shape index (κ1) is 31.2. The molecule has 0 aliphatic rings. The van der Waals surface area contributed by atoms with Crippen molar-refractivity contribution in [3.05, 3.63) is 0 Å². The van der Waals surface area contributed by atoms with Gasteiger partial charge in [-0.25, -0.2) is 9.59 Å². The first-order valence-electron chi connectivity index (χ1n) is 9.00. The van der Waals surface area contributed by atoms with Crippen molar-refractivity contribution in [3.8, 4) is 0 Å². The van der Waals surface area contributed by atoms with E-state index in [0.29, 0.717) is 0 Å². The van der Waals surface area contributed by atoms with E-state index in [-0.39, 0.29) is 30.6 Å². The fourth-order valence-corrected chi connectivity index (χ4v) is 1.34. The van der Waals surface area contributed by atoms with Crippen LogP contribution in [0.5, 0.6) is 0 Å². The summed E-state index contributed by atoms with van der Waals surface area (Å²) in [5.74, 6) is -0.846. The van der Waals surface area contributed by atoms with Crippen LogP contribution in [-0.2, 0) is 23.8 Å². The maximum atomic E-state index is 11.7. The average Bonchev–Trinajstić information content (AvgIpc) is 2.33. The Balaban J connectivity index is -0.000000489. The van der Waals surface area contributed by atoms with Crippen LogP contribution in [0.15, 0.2) is 0 Å². The van der Waals surface area contributed by atoms with E-state index in [1.807, 2.05) is 0 Å². The van der Waals surface area contributed by atoms with Gasteiger partial charge in [0.05, 0.1) is 12.2 Å². The third-order valence-electron chi connectivity index (χ3n) is 2.54. The normalized spacial score (nSPS) is 11.6. The van der Waals surface area contributed by atoms with Crippen LogP contribution in [-0.4, -0.2) is 46.9 Å². The van der Waals surface area contributed by atoms with Crippen LogP contribution in [0.3, 0.4) is 0 Å². The number of hydrogen-bond donors (Lipinski definition) is 2. The highest BCUT2D eigenvalue weighted by molar-refractivity contribution is 5.85. The van der Waals surface area contributed by atoms with Crippen LogP contribution >= 0.6 is 12.4 Å². The quantitative estimate of drug-likeness (QED) is 0.511. The molecular weight excluding hydrogens is 388 g/mol. The Morgan fingerprint density at radius 1 is 0.786 bits per heavy atom. The molecule has 1 amide bonds. The Kier molecular flexibility index (Phi) is 13.5. The second kappa shape index (κ2) is 12.1. The second-order valence-electron chi connectivity index (χ2n) is 8.88. The number of carbonyl (C=O) groups excluding carboxylic acids is 3. The number of nitrogens with one attached hydrogen (secondary N) is 1. The fraction of sp³-hybridized carbons (Fsp3) is 0.842. The lowest BCUT2D eigenvalue weighted by Crippen LogP contribution is -2.52. The summed E-state index contributed by atoms with van der Waals surface area (Å²) in [6.07, 6.45) is -0.944. The van der Waals surface area contributed by atoms with Gasteiger partial charge < -0.3 is 25.3 Å². The van der Waals surface area contributed by atoms with Gasteiger partial charge >= 0.3 is 18.0 Å². The minimum Gasteiger partial charge on any atom is -0.462 e. The predicted octanol–water partition coefficient (Wildman–Crippen LogP) is 3.34. The second-order valence-corrected chi connectivity index (χ2v) is 8.88. The molecule has 0 spiro atoms. The van der Waals surface area contributed by atoms with Crippen molar-refractivity contribution in [1.29, 1.82) is 0 Å². The smallest absolute Gasteiger partial charge is 0.408 e. The number of carbonyl (C=O) groups is 3. The number of halogens is 1. The van der Waals surface area contributed by atoms with Crippen LogP contribution in [0.1, 0.15) is 76.2 Å². The van der Waals surface area contributed by atoms with Gasteiger partial charge in [0.25, 0.3) is 0 Å². The van der Waals surface area contributed by atoms with E-state index in [4.69, 9.17) is 19.9 Å². The number of rotatable bonds is 5. The van der Waals surface area contributed by atoms with E-state index in [0.717, 1.165) is 0 Å². The van der Waals surface area contributed by atoms with Gasteiger partial charge in [0.2, 0.25) is 0 Å². The zero-order valence-corrected chi connectivity index (χ0v) is 19.9. The molecule has 0 aromatic carbocycles.